The van der Waals surface area contributed by atoms with Crippen LogP contribution in [0.25, 0.3) is 0 Å². The fourth-order valence-electron chi connectivity index (χ4n) is 1.96. The Hall–Kier alpha value is -0.970. The van der Waals surface area contributed by atoms with Gasteiger partial charge in [0.05, 0.1) is 12.1 Å². The lowest BCUT2D eigenvalue weighted by Crippen LogP contribution is -2.40. The number of nitrogens with two attached hydrogens (primary N) is 1. The summed E-state index contributed by atoms with van der Waals surface area (Å²) in [5, 5.41) is 0. The number of nitrogens with zero attached hydrogens (tertiary/aromatic N) is 1. The number of nitrogens with one attached hydrogen (secondary N) is 1. The van der Waals surface area contributed by atoms with Gasteiger partial charge in [0.15, 0.2) is 0 Å². The van der Waals surface area contributed by atoms with Gasteiger partial charge < -0.3 is 4.74 Å². The quantitative estimate of drug-likeness (QED) is 0.587. The van der Waals surface area contributed by atoms with E-state index in [-0.39, 0.29) is 12.1 Å². The van der Waals surface area contributed by atoms with E-state index in [1.165, 1.54) is 5.56 Å². The van der Waals surface area contributed by atoms with Crippen LogP contribution in [-0.2, 0) is 4.74 Å². The molecule has 1 aromatic rings. The molecule has 90 valence electrons. The zero-order valence-electron chi connectivity index (χ0n) is 10.4. The summed E-state index contributed by atoms with van der Waals surface area (Å²) in [6, 6.07) is 1.95. The zero-order valence-corrected chi connectivity index (χ0v) is 10.4. The number of ether oxygens (including phenoxy) is 1. The van der Waals surface area contributed by atoms with Crippen molar-refractivity contribution in [2.75, 3.05) is 7.11 Å². The molecule has 0 aromatic carbocycles. The van der Waals surface area contributed by atoms with E-state index in [1.807, 2.05) is 12.3 Å². The second kappa shape index (κ2) is 5.94. The number of aromatic nitrogens is 1. The fraction of sp³-hybridized carbons (Fsp3) is 0.583. The van der Waals surface area contributed by atoms with Crippen molar-refractivity contribution in [1.29, 1.82) is 0 Å². The Morgan fingerprint density at radius 1 is 1.44 bits per heavy atom. The van der Waals surface area contributed by atoms with E-state index in [2.05, 4.69) is 31.2 Å². The Labute approximate surface area is 97.2 Å². The highest BCUT2D eigenvalue weighted by atomic mass is 16.5. The van der Waals surface area contributed by atoms with Crippen molar-refractivity contribution in [2.45, 2.75) is 32.9 Å². The first kappa shape index (κ1) is 13.1. The summed E-state index contributed by atoms with van der Waals surface area (Å²) in [5.74, 6) is 6.01. The van der Waals surface area contributed by atoms with Crippen LogP contribution in [0.3, 0.4) is 0 Å². The van der Waals surface area contributed by atoms with Crippen LogP contribution in [0.4, 0.5) is 0 Å². The van der Waals surface area contributed by atoms with E-state index in [4.69, 9.17) is 10.6 Å². The highest BCUT2D eigenvalue weighted by Gasteiger charge is 2.26. The first-order chi connectivity index (χ1) is 7.61. The maximum Gasteiger partial charge on any atom is 0.0802 e. The van der Waals surface area contributed by atoms with Gasteiger partial charge in [0.1, 0.15) is 0 Å². The van der Waals surface area contributed by atoms with Crippen molar-refractivity contribution in [3.05, 3.63) is 29.6 Å². The van der Waals surface area contributed by atoms with Crippen molar-refractivity contribution in [3.8, 4) is 0 Å². The summed E-state index contributed by atoms with van der Waals surface area (Å²) in [6.45, 7) is 6.28. The van der Waals surface area contributed by atoms with Crippen LogP contribution in [0.1, 0.15) is 31.0 Å². The summed E-state index contributed by atoms with van der Waals surface area (Å²) in [5.41, 5.74) is 5.08. The first-order valence-corrected chi connectivity index (χ1v) is 5.51. The Morgan fingerprint density at radius 3 is 2.56 bits per heavy atom. The molecule has 1 heterocycles. The SMILES string of the molecule is COC(C(C)C)C(NN)c1cnccc1C. The molecule has 1 aromatic heterocycles. The lowest BCUT2D eigenvalue weighted by atomic mass is 9.92. The molecule has 1 rings (SSSR count). The smallest absolute Gasteiger partial charge is 0.0802 e. The second-order valence-electron chi connectivity index (χ2n) is 4.32. The van der Waals surface area contributed by atoms with Crippen molar-refractivity contribution < 1.29 is 4.74 Å². The number of rotatable bonds is 5. The van der Waals surface area contributed by atoms with E-state index >= 15 is 0 Å². The largest absolute Gasteiger partial charge is 0.379 e. The van der Waals surface area contributed by atoms with Gasteiger partial charge in [0, 0.05) is 19.5 Å². The van der Waals surface area contributed by atoms with Gasteiger partial charge in [-0.05, 0) is 30.0 Å². The third-order valence-electron chi connectivity index (χ3n) is 2.85. The van der Waals surface area contributed by atoms with Crippen LogP contribution in [-0.4, -0.2) is 18.2 Å². The summed E-state index contributed by atoms with van der Waals surface area (Å²) in [6.07, 6.45) is 3.66. The van der Waals surface area contributed by atoms with Gasteiger partial charge >= 0.3 is 0 Å². The normalized spacial score (nSPS) is 15.1. The standard InChI is InChI=1S/C12H21N3O/c1-8(2)12(16-4)11(15-13)10-7-14-6-5-9(10)3/h5-8,11-12,15H,13H2,1-4H3. The number of pyridine rings is 1. The van der Waals surface area contributed by atoms with E-state index in [0.29, 0.717) is 5.92 Å². The molecule has 3 N–H and O–H groups in total. The van der Waals surface area contributed by atoms with Crippen LogP contribution in [0.15, 0.2) is 18.5 Å². The Morgan fingerprint density at radius 2 is 2.12 bits per heavy atom. The minimum atomic E-state index is -0.0290. The van der Waals surface area contributed by atoms with E-state index < -0.39 is 0 Å². The molecule has 0 amide bonds. The van der Waals surface area contributed by atoms with Gasteiger partial charge in [-0.15, -0.1) is 0 Å². The molecule has 4 nitrogen and oxygen atoms in total. The monoisotopic (exact) mass is 223 g/mol. The van der Waals surface area contributed by atoms with Gasteiger partial charge in [-0.2, -0.15) is 0 Å². The summed E-state index contributed by atoms with van der Waals surface area (Å²) >= 11 is 0. The molecule has 16 heavy (non-hydrogen) atoms. The van der Waals surface area contributed by atoms with Crippen LogP contribution in [0.5, 0.6) is 0 Å². The highest BCUT2D eigenvalue weighted by molar-refractivity contribution is 5.26. The predicted octanol–water partition coefficient (Wildman–Crippen LogP) is 1.57. The second-order valence-corrected chi connectivity index (χ2v) is 4.32. The molecular formula is C12H21N3O. The molecule has 0 saturated heterocycles. The van der Waals surface area contributed by atoms with Crippen molar-refractivity contribution >= 4 is 0 Å². The molecule has 0 bridgehead atoms. The van der Waals surface area contributed by atoms with Crippen LogP contribution >= 0.6 is 0 Å². The van der Waals surface area contributed by atoms with E-state index in [9.17, 15) is 0 Å². The molecular weight excluding hydrogens is 202 g/mol. The fourth-order valence-corrected chi connectivity index (χ4v) is 1.96. The lowest BCUT2D eigenvalue weighted by Gasteiger charge is -2.29. The highest BCUT2D eigenvalue weighted by Crippen LogP contribution is 2.25. The molecule has 0 saturated carbocycles. The van der Waals surface area contributed by atoms with Gasteiger partial charge in [-0.25, -0.2) is 0 Å². The molecule has 2 atom stereocenters. The summed E-state index contributed by atoms with van der Waals surface area (Å²) < 4.78 is 5.50. The molecule has 4 heteroatoms. The summed E-state index contributed by atoms with van der Waals surface area (Å²) in [7, 11) is 1.71. The third kappa shape index (κ3) is 2.78. The van der Waals surface area contributed by atoms with Gasteiger partial charge in [-0.3, -0.25) is 16.3 Å². The van der Waals surface area contributed by atoms with Gasteiger partial charge in [-0.1, -0.05) is 13.8 Å². The lowest BCUT2D eigenvalue weighted by molar-refractivity contribution is 0.0323. The molecule has 0 radical (unpaired) electrons. The van der Waals surface area contributed by atoms with Gasteiger partial charge in [0.2, 0.25) is 0 Å². The minimum absolute atomic E-state index is 0.0290. The molecule has 0 spiro atoms. The average Bonchev–Trinajstić information content (AvgIpc) is 2.26. The topological polar surface area (TPSA) is 60.2 Å². The summed E-state index contributed by atoms with van der Waals surface area (Å²) in [4.78, 5) is 4.14. The first-order valence-electron chi connectivity index (χ1n) is 5.51. The van der Waals surface area contributed by atoms with E-state index in [0.717, 1.165) is 5.56 Å². The van der Waals surface area contributed by atoms with Crippen LogP contribution in [0, 0.1) is 12.8 Å². The molecule has 0 aliphatic carbocycles. The van der Waals surface area contributed by atoms with Gasteiger partial charge in [0.25, 0.3) is 0 Å². The Kier molecular flexibility index (Phi) is 4.86. The molecule has 0 fully saturated rings. The maximum atomic E-state index is 5.63. The molecule has 0 aliphatic rings. The minimum Gasteiger partial charge on any atom is -0.379 e. The van der Waals surface area contributed by atoms with Crippen LogP contribution < -0.4 is 11.3 Å². The number of hydrogen-bond donors (Lipinski definition) is 2. The molecule has 0 aliphatic heterocycles. The average molecular weight is 223 g/mol. The van der Waals surface area contributed by atoms with Crippen molar-refractivity contribution in [1.82, 2.24) is 10.4 Å². The third-order valence-corrected chi connectivity index (χ3v) is 2.85. The maximum absolute atomic E-state index is 5.63. The number of methoxy groups -OCH3 is 1. The van der Waals surface area contributed by atoms with Crippen LogP contribution in [0.2, 0.25) is 0 Å². The number of hydrazine groups is 1. The number of aryl methyl sites for hydroxylation is 1. The Bertz CT molecular complexity index is 328. The number of hydrogen-bond acceptors (Lipinski definition) is 4. The van der Waals surface area contributed by atoms with E-state index in [1.54, 1.807) is 13.3 Å². The predicted molar refractivity (Wildman–Crippen MR) is 64.7 cm³/mol. The Balaban J connectivity index is 3.02. The van der Waals surface area contributed by atoms with Crippen molar-refractivity contribution in [2.24, 2.45) is 11.8 Å². The zero-order chi connectivity index (χ0) is 12.1. The molecule has 2 unspecified atom stereocenters. The van der Waals surface area contributed by atoms with Crippen molar-refractivity contribution in [3.63, 3.8) is 0 Å².